The molecule has 0 saturated heterocycles. The molecule has 1 aromatic rings. The second kappa shape index (κ2) is 4.97. The van der Waals surface area contributed by atoms with Crippen LogP contribution in [0.4, 0.5) is 0 Å². The Morgan fingerprint density at radius 2 is 2.31 bits per heavy atom. The summed E-state index contributed by atoms with van der Waals surface area (Å²) in [5, 5.41) is 7.96. The molecule has 0 aliphatic heterocycles. The zero-order valence-corrected chi connectivity index (χ0v) is 10.5. The third kappa shape index (κ3) is 2.83. The highest BCUT2D eigenvalue weighted by atomic mass is 15.3. The van der Waals surface area contributed by atoms with Crippen molar-refractivity contribution in [2.75, 3.05) is 14.1 Å². The van der Waals surface area contributed by atoms with E-state index in [4.69, 9.17) is 0 Å². The van der Waals surface area contributed by atoms with Crippen LogP contribution in [0.25, 0.3) is 0 Å². The number of rotatable bonds is 4. The summed E-state index contributed by atoms with van der Waals surface area (Å²) in [5.74, 6) is 0. The summed E-state index contributed by atoms with van der Waals surface area (Å²) < 4.78 is 1.86. The number of aryl methyl sites for hydroxylation is 1. The molecule has 0 bridgehead atoms. The van der Waals surface area contributed by atoms with E-state index in [1.807, 2.05) is 17.9 Å². The molecule has 1 aliphatic rings. The van der Waals surface area contributed by atoms with E-state index >= 15 is 0 Å². The van der Waals surface area contributed by atoms with Gasteiger partial charge in [-0.05, 0) is 39.4 Å². The molecule has 1 saturated carbocycles. The van der Waals surface area contributed by atoms with Crippen LogP contribution in [0, 0.1) is 0 Å². The van der Waals surface area contributed by atoms with Crippen molar-refractivity contribution >= 4 is 0 Å². The standard InChI is InChI=1S/C12H22N4/c1-15(2)12-5-4-10(8-12)13-9-11-6-7-16(3)14-11/h6-7,10,12-13H,4-5,8-9H2,1-3H3. The fraction of sp³-hybridized carbons (Fsp3) is 0.750. The van der Waals surface area contributed by atoms with Gasteiger partial charge in [-0.25, -0.2) is 0 Å². The van der Waals surface area contributed by atoms with Gasteiger partial charge in [-0.15, -0.1) is 0 Å². The molecule has 1 aliphatic carbocycles. The van der Waals surface area contributed by atoms with Crippen molar-refractivity contribution in [1.29, 1.82) is 0 Å². The lowest BCUT2D eigenvalue weighted by atomic mass is 10.2. The Labute approximate surface area is 97.6 Å². The predicted molar refractivity (Wildman–Crippen MR) is 65.2 cm³/mol. The maximum Gasteiger partial charge on any atom is 0.0762 e. The minimum atomic E-state index is 0.661. The van der Waals surface area contributed by atoms with Crippen LogP contribution in [0.2, 0.25) is 0 Å². The van der Waals surface area contributed by atoms with Crippen LogP contribution in [-0.2, 0) is 13.6 Å². The minimum Gasteiger partial charge on any atom is -0.308 e. The Morgan fingerprint density at radius 3 is 2.88 bits per heavy atom. The Balaban J connectivity index is 1.75. The number of aromatic nitrogens is 2. The molecule has 0 spiro atoms. The van der Waals surface area contributed by atoms with E-state index in [-0.39, 0.29) is 0 Å². The number of nitrogens with zero attached hydrogens (tertiary/aromatic N) is 3. The lowest BCUT2D eigenvalue weighted by molar-refractivity contribution is 0.293. The first kappa shape index (κ1) is 11.6. The first-order valence-corrected chi connectivity index (χ1v) is 6.03. The third-order valence-electron chi connectivity index (χ3n) is 3.48. The molecule has 90 valence electrons. The largest absolute Gasteiger partial charge is 0.308 e. The fourth-order valence-corrected chi connectivity index (χ4v) is 2.42. The van der Waals surface area contributed by atoms with E-state index in [2.05, 4.69) is 35.5 Å². The van der Waals surface area contributed by atoms with Gasteiger partial charge in [0.25, 0.3) is 0 Å². The van der Waals surface area contributed by atoms with E-state index in [1.165, 1.54) is 19.3 Å². The van der Waals surface area contributed by atoms with Crippen LogP contribution in [0.3, 0.4) is 0 Å². The van der Waals surface area contributed by atoms with Crippen molar-refractivity contribution in [3.05, 3.63) is 18.0 Å². The molecule has 16 heavy (non-hydrogen) atoms. The normalized spacial score (nSPS) is 25.5. The molecule has 2 unspecified atom stereocenters. The summed E-state index contributed by atoms with van der Waals surface area (Å²) in [5.41, 5.74) is 1.14. The van der Waals surface area contributed by atoms with E-state index in [9.17, 15) is 0 Å². The monoisotopic (exact) mass is 222 g/mol. The van der Waals surface area contributed by atoms with Gasteiger partial charge < -0.3 is 10.2 Å². The molecule has 0 aromatic carbocycles. The lowest BCUT2D eigenvalue weighted by Gasteiger charge is -2.19. The van der Waals surface area contributed by atoms with E-state index in [0.29, 0.717) is 6.04 Å². The topological polar surface area (TPSA) is 33.1 Å². The van der Waals surface area contributed by atoms with Gasteiger partial charge >= 0.3 is 0 Å². The highest BCUT2D eigenvalue weighted by molar-refractivity contribution is 4.99. The van der Waals surface area contributed by atoms with Gasteiger partial charge in [-0.1, -0.05) is 0 Å². The third-order valence-corrected chi connectivity index (χ3v) is 3.48. The lowest BCUT2D eigenvalue weighted by Crippen LogP contribution is -2.30. The fourth-order valence-electron chi connectivity index (χ4n) is 2.42. The van der Waals surface area contributed by atoms with Gasteiger partial charge in [-0.2, -0.15) is 5.10 Å². The molecule has 1 fully saturated rings. The zero-order valence-electron chi connectivity index (χ0n) is 10.5. The van der Waals surface area contributed by atoms with Crippen LogP contribution in [-0.4, -0.2) is 40.9 Å². The molecule has 2 atom stereocenters. The predicted octanol–water partition coefficient (Wildman–Crippen LogP) is 0.992. The maximum absolute atomic E-state index is 4.37. The average Bonchev–Trinajstić information content (AvgIpc) is 2.83. The Morgan fingerprint density at radius 1 is 1.50 bits per heavy atom. The quantitative estimate of drug-likeness (QED) is 0.825. The molecular formula is C12H22N4. The van der Waals surface area contributed by atoms with Gasteiger partial charge in [0.2, 0.25) is 0 Å². The first-order valence-electron chi connectivity index (χ1n) is 6.03. The summed E-state index contributed by atoms with van der Waals surface area (Å²) in [4.78, 5) is 2.34. The molecule has 1 aromatic heterocycles. The second-order valence-corrected chi connectivity index (χ2v) is 4.99. The Hall–Kier alpha value is -0.870. The maximum atomic E-state index is 4.37. The van der Waals surface area contributed by atoms with Crippen molar-refractivity contribution in [2.45, 2.75) is 37.9 Å². The molecule has 0 amide bonds. The molecular weight excluding hydrogens is 200 g/mol. The number of hydrogen-bond acceptors (Lipinski definition) is 3. The van der Waals surface area contributed by atoms with E-state index in [0.717, 1.165) is 18.3 Å². The highest BCUT2D eigenvalue weighted by Crippen LogP contribution is 2.22. The summed E-state index contributed by atoms with van der Waals surface area (Å²) >= 11 is 0. The molecule has 0 radical (unpaired) electrons. The summed E-state index contributed by atoms with van der Waals surface area (Å²) in [7, 11) is 6.30. The van der Waals surface area contributed by atoms with Crippen LogP contribution in [0.15, 0.2) is 12.3 Å². The first-order chi connectivity index (χ1) is 7.65. The van der Waals surface area contributed by atoms with Crippen molar-refractivity contribution < 1.29 is 0 Å². The van der Waals surface area contributed by atoms with Crippen LogP contribution in [0.5, 0.6) is 0 Å². The SMILES string of the molecule is CN(C)C1CCC(NCc2ccn(C)n2)C1. The van der Waals surface area contributed by atoms with E-state index in [1.54, 1.807) is 0 Å². The average molecular weight is 222 g/mol. The van der Waals surface area contributed by atoms with Crippen molar-refractivity contribution in [3.8, 4) is 0 Å². The van der Waals surface area contributed by atoms with Crippen LogP contribution < -0.4 is 5.32 Å². The van der Waals surface area contributed by atoms with E-state index < -0.39 is 0 Å². The molecule has 1 N–H and O–H groups in total. The molecule has 2 rings (SSSR count). The van der Waals surface area contributed by atoms with Gasteiger partial charge in [0.1, 0.15) is 0 Å². The number of nitrogens with one attached hydrogen (secondary N) is 1. The second-order valence-electron chi connectivity index (χ2n) is 4.99. The van der Waals surface area contributed by atoms with Crippen LogP contribution >= 0.6 is 0 Å². The van der Waals surface area contributed by atoms with Gasteiger partial charge in [0.05, 0.1) is 5.69 Å². The van der Waals surface area contributed by atoms with Crippen molar-refractivity contribution in [1.82, 2.24) is 20.0 Å². The van der Waals surface area contributed by atoms with Crippen molar-refractivity contribution in [2.24, 2.45) is 7.05 Å². The smallest absolute Gasteiger partial charge is 0.0762 e. The molecule has 1 heterocycles. The number of hydrogen-bond donors (Lipinski definition) is 1. The summed E-state index contributed by atoms with van der Waals surface area (Å²) in [6.07, 6.45) is 5.86. The minimum absolute atomic E-state index is 0.661. The summed E-state index contributed by atoms with van der Waals surface area (Å²) in [6, 6.07) is 3.49. The highest BCUT2D eigenvalue weighted by Gasteiger charge is 2.25. The van der Waals surface area contributed by atoms with Gasteiger partial charge in [0.15, 0.2) is 0 Å². The Kier molecular flexibility index (Phi) is 3.61. The Bertz CT molecular complexity index is 332. The van der Waals surface area contributed by atoms with Gasteiger partial charge in [0, 0.05) is 31.9 Å². The van der Waals surface area contributed by atoms with Crippen LogP contribution in [0.1, 0.15) is 25.0 Å². The zero-order chi connectivity index (χ0) is 11.5. The van der Waals surface area contributed by atoms with Gasteiger partial charge in [-0.3, -0.25) is 4.68 Å². The summed E-state index contributed by atoms with van der Waals surface area (Å²) in [6.45, 7) is 0.894. The molecule has 4 heteroatoms. The molecule has 4 nitrogen and oxygen atoms in total. The van der Waals surface area contributed by atoms with Crippen molar-refractivity contribution in [3.63, 3.8) is 0 Å².